The standard InChI is InChI=1S/C45H41N7O3/c1-6-22-55-44-9-7-8-31-10-12-36(27-39(31)44)48-49-40-21-16-35(23-28(40)2)47-51-42-24-30(4)43(25-29(42)3)52-50-41-20-11-32-26-34(15-19-38(32)45(41)53)46-33-13-17-37(54-5)18-14-33/h7-21,23-27,46,53H,6,22H2,1-5H3. The van der Waals surface area contributed by atoms with E-state index in [1.54, 1.807) is 13.2 Å². The molecule has 0 atom stereocenters. The summed E-state index contributed by atoms with van der Waals surface area (Å²) in [5, 5.41) is 45.1. The lowest BCUT2D eigenvalue weighted by molar-refractivity contribution is 0.321. The number of nitrogens with one attached hydrogen (secondary N) is 1. The van der Waals surface area contributed by atoms with Gasteiger partial charge in [0, 0.05) is 22.1 Å². The highest BCUT2D eigenvalue weighted by Crippen LogP contribution is 2.39. The number of aromatic hydroxyl groups is 1. The molecule has 0 unspecified atom stereocenters. The van der Waals surface area contributed by atoms with Crippen LogP contribution >= 0.6 is 0 Å². The largest absolute Gasteiger partial charge is 0.505 e. The Morgan fingerprint density at radius 1 is 0.545 bits per heavy atom. The number of methoxy groups -OCH3 is 1. The summed E-state index contributed by atoms with van der Waals surface area (Å²) in [5.74, 6) is 1.71. The lowest BCUT2D eigenvalue weighted by Gasteiger charge is -2.10. The van der Waals surface area contributed by atoms with Crippen molar-refractivity contribution >= 4 is 67.0 Å². The van der Waals surface area contributed by atoms with Crippen molar-refractivity contribution in [3.63, 3.8) is 0 Å². The summed E-state index contributed by atoms with van der Waals surface area (Å²) >= 11 is 0. The van der Waals surface area contributed by atoms with Crippen molar-refractivity contribution in [2.24, 2.45) is 30.7 Å². The second-order valence-electron chi connectivity index (χ2n) is 13.2. The molecule has 55 heavy (non-hydrogen) atoms. The summed E-state index contributed by atoms with van der Waals surface area (Å²) in [4.78, 5) is 0. The Bertz CT molecular complexity index is 2600. The zero-order valence-electron chi connectivity index (χ0n) is 31.4. The Morgan fingerprint density at radius 2 is 1.16 bits per heavy atom. The smallest absolute Gasteiger partial charge is 0.150 e. The van der Waals surface area contributed by atoms with Crippen molar-refractivity contribution in [2.75, 3.05) is 19.0 Å². The summed E-state index contributed by atoms with van der Waals surface area (Å²) in [7, 11) is 1.64. The number of benzene rings is 7. The maximum atomic E-state index is 11.1. The molecule has 2 N–H and O–H groups in total. The topological polar surface area (TPSA) is 125 Å². The SMILES string of the molecule is CCCOc1cccc2ccc(N=Nc3ccc(N=Nc4cc(C)c(N=Nc5ccc6cc(Nc7ccc(OC)cc7)ccc6c5O)cc4C)cc3C)cc12. The van der Waals surface area contributed by atoms with Gasteiger partial charge in [-0.05, 0) is 152 Å². The number of fused-ring (bicyclic) bond motifs is 2. The highest BCUT2D eigenvalue weighted by atomic mass is 16.5. The van der Waals surface area contributed by atoms with E-state index in [4.69, 9.17) is 9.47 Å². The first-order valence-corrected chi connectivity index (χ1v) is 18.1. The third-order valence-corrected chi connectivity index (χ3v) is 9.14. The molecule has 0 spiro atoms. The van der Waals surface area contributed by atoms with Gasteiger partial charge in [-0.2, -0.15) is 25.6 Å². The number of rotatable bonds is 12. The minimum Gasteiger partial charge on any atom is -0.505 e. The van der Waals surface area contributed by atoms with Crippen LogP contribution in [0.3, 0.4) is 0 Å². The summed E-state index contributed by atoms with van der Waals surface area (Å²) in [6, 6.07) is 38.8. The van der Waals surface area contributed by atoms with E-state index >= 15 is 0 Å². The van der Waals surface area contributed by atoms with E-state index in [1.165, 1.54) is 0 Å². The van der Waals surface area contributed by atoms with Gasteiger partial charge in [-0.15, -0.1) is 5.11 Å². The molecule has 0 bridgehead atoms. The van der Waals surface area contributed by atoms with E-state index in [1.807, 2.05) is 130 Å². The van der Waals surface area contributed by atoms with E-state index in [-0.39, 0.29) is 5.75 Å². The van der Waals surface area contributed by atoms with Crippen LogP contribution in [-0.2, 0) is 0 Å². The third-order valence-electron chi connectivity index (χ3n) is 9.14. The van der Waals surface area contributed by atoms with Crippen LogP contribution in [0.1, 0.15) is 30.0 Å². The first-order valence-electron chi connectivity index (χ1n) is 18.1. The van der Waals surface area contributed by atoms with Crippen molar-refractivity contribution in [3.8, 4) is 17.2 Å². The molecule has 0 radical (unpaired) electrons. The molecule has 0 saturated heterocycles. The van der Waals surface area contributed by atoms with Crippen LogP contribution in [0.4, 0.5) is 45.5 Å². The number of phenolic OH excluding ortho intramolecular Hbond substituents is 1. The molecule has 0 aromatic heterocycles. The molecule has 7 rings (SSSR count). The van der Waals surface area contributed by atoms with Crippen molar-refractivity contribution in [1.82, 2.24) is 0 Å². The minimum absolute atomic E-state index is 0.0695. The van der Waals surface area contributed by atoms with Crippen LogP contribution < -0.4 is 14.8 Å². The zero-order valence-corrected chi connectivity index (χ0v) is 31.4. The molecule has 0 saturated carbocycles. The van der Waals surface area contributed by atoms with Crippen LogP contribution in [-0.4, -0.2) is 18.8 Å². The fraction of sp³-hybridized carbons (Fsp3) is 0.156. The van der Waals surface area contributed by atoms with E-state index < -0.39 is 0 Å². The normalized spacial score (nSPS) is 11.7. The molecule has 0 aliphatic carbocycles. The fourth-order valence-electron chi connectivity index (χ4n) is 6.08. The van der Waals surface area contributed by atoms with Gasteiger partial charge in [0.05, 0.1) is 42.2 Å². The second-order valence-corrected chi connectivity index (χ2v) is 13.2. The Kier molecular flexibility index (Phi) is 10.8. The number of phenols is 1. The number of aryl methyl sites for hydroxylation is 3. The molecule has 0 aliphatic rings. The summed E-state index contributed by atoms with van der Waals surface area (Å²) in [6.07, 6.45) is 0.942. The summed E-state index contributed by atoms with van der Waals surface area (Å²) in [6.45, 7) is 8.64. The van der Waals surface area contributed by atoms with Crippen LogP contribution in [0.25, 0.3) is 21.5 Å². The van der Waals surface area contributed by atoms with Crippen LogP contribution in [0.15, 0.2) is 152 Å². The number of ether oxygens (including phenoxy) is 2. The van der Waals surface area contributed by atoms with Crippen molar-refractivity contribution < 1.29 is 14.6 Å². The molecular formula is C45H41N7O3. The summed E-state index contributed by atoms with van der Waals surface area (Å²) < 4.78 is 11.2. The molecule has 0 aliphatic heterocycles. The molecule has 0 heterocycles. The Hall–Kier alpha value is -6.94. The third kappa shape index (κ3) is 8.49. The number of azo groups is 3. The Labute approximate surface area is 319 Å². The van der Waals surface area contributed by atoms with E-state index in [0.29, 0.717) is 29.1 Å². The number of nitrogens with zero attached hydrogens (tertiary/aromatic N) is 6. The van der Waals surface area contributed by atoms with Gasteiger partial charge in [-0.1, -0.05) is 31.2 Å². The predicted octanol–water partition coefficient (Wildman–Crippen LogP) is 14.4. The van der Waals surface area contributed by atoms with Crippen molar-refractivity contribution in [1.29, 1.82) is 0 Å². The number of anilines is 2. The van der Waals surface area contributed by atoms with Gasteiger partial charge < -0.3 is 19.9 Å². The Morgan fingerprint density at radius 3 is 1.89 bits per heavy atom. The second kappa shape index (κ2) is 16.4. The monoisotopic (exact) mass is 727 g/mol. The maximum absolute atomic E-state index is 11.1. The molecular weight excluding hydrogens is 687 g/mol. The predicted molar refractivity (Wildman–Crippen MR) is 221 cm³/mol. The zero-order chi connectivity index (χ0) is 38.3. The van der Waals surface area contributed by atoms with Crippen molar-refractivity contribution in [3.05, 3.63) is 138 Å². The highest BCUT2D eigenvalue weighted by molar-refractivity contribution is 5.95. The van der Waals surface area contributed by atoms with E-state index in [0.717, 1.165) is 79.2 Å². The summed E-state index contributed by atoms with van der Waals surface area (Å²) in [5.41, 5.74) is 8.52. The van der Waals surface area contributed by atoms with E-state index in [2.05, 4.69) is 49.0 Å². The highest BCUT2D eigenvalue weighted by Gasteiger charge is 2.10. The van der Waals surface area contributed by atoms with E-state index in [9.17, 15) is 5.11 Å². The van der Waals surface area contributed by atoms with Gasteiger partial charge in [0.1, 0.15) is 17.2 Å². The first-order chi connectivity index (χ1) is 26.8. The molecule has 7 aromatic rings. The first kappa shape index (κ1) is 36.4. The molecule has 10 nitrogen and oxygen atoms in total. The average Bonchev–Trinajstić information content (AvgIpc) is 3.20. The van der Waals surface area contributed by atoms with Crippen LogP contribution in [0.5, 0.6) is 17.2 Å². The lowest BCUT2D eigenvalue weighted by atomic mass is 10.1. The van der Waals surface area contributed by atoms with Gasteiger partial charge in [0.2, 0.25) is 0 Å². The van der Waals surface area contributed by atoms with Gasteiger partial charge in [0.15, 0.2) is 5.75 Å². The van der Waals surface area contributed by atoms with Gasteiger partial charge in [0.25, 0.3) is 0 Å². The van der Waals surface area contributed by atoms with Gasteiger partial charge >= 0.3 is 0 Å². The number of hydrogen-bond acceptors (Lipinski definition) is 10. The average molecular weight is 728 g/mol. The Balaban J connectivity index is 1.02. The quantitative estimate of drug-likeness (QED) is 0.122. The van der Waals surface area contributed by atoms with Gasteiger partial charge in [-0.3, -0.25) is 0 Å². The molecule has 0 amide bonds. The minimum atomic E-state index is 0.0695. The van der Waals surface area contributed by atoms with Crippen molar-refractivity contribution in [2.45, 2.75) is 34.1 Å². The lowest BCUT2D eigenvalue weighted by Crippen LogP contribution is -1.95. The fourth-order valence-corrected chi connectivity index (χ4v) is 6.08. The number of hydrogen-bond donors (Lipinski definition) is 2. The molecule has 10 heteroatoms. The van der Waals surface area contributed by atoms with Gasteiger partial charge in [-0.25, -0.2) is 0 Å². The molecule has 0 fully saturated rings. The maximum Gasteiger partial charge on any atom is 0.150 e. The molecule has 7 aromatic carbocycles. The van der Waals surface area contributed by atoms with Crippen LogP contribution in [0.2, 0.25) is 0 Å². The molecule has 274 valence electrons. The van der Waals surface area contributed by atoms with Crippen LogP contribution in [0, 0.1) is 20.8 Å².